The zero-order valence-electron chi connectivity index (χ0n) is 20.3. The number of hydrogen-bond donors (Lipinski definition) is 3. The molecule has 0 aliphatic carbocycles. The Bertz CT molecular complexity index is 995. The van der Waals surface area contributed by atoms with Crippen LogP contribution in [-0.2, 0) is 28.1 Å². The van der Waals surface area contributed by atoms with Crippen molar-refractivity contribution in [2.75, 3.05) is 13.2 Å². The van der Waals surface area contributed by atoms with Gasteiger partial charge in [-0.05, 0) is 50.6 Å². The van der Waals surface area contributed by atoms with E-state index >= 15 is 0 Å². The number of aliphatic imine (C=N–C) groups is 1. The molecule has 36 heavy (non-hydrogen) atoms. The number of esters is 1. The summed E-state index contributed by atoms with van der Waals surface area (Å²) in [6.45, 7) is 5.10. The Kier molecular flexibility index (Phi) is 10.3. The predicted molar refractivity (Wildman–Crippen MR) is 135 cm³/mol. The van der Waals surface area contributed by atoms with E-state index in [2.05, 4.69) is 26.0 Å². The van der Waals surface area contributed by atoms with Gasteiger partial charge in [-0.25, -0.2) is 9.56 Å². The summed E-state index contributed by atoms with van der Waals surface area (Å²) in [6, 6.07) is 5.64. The molecular weight excluding hydrogens is 559 g/mol. The zero-order chi connectivity index (χ0) is 26.3. The number of ether oxygens (including phenoxy) is 3. The van der Waals surface area contributed by atoms with Gasteiger partial charge in [0.2, 0.25) is 6.35 Å². The number of aliphatic hydroxyl groups is 1. The van der Waals surface area contributed by atoms with Crippen LogP contribution >= 0.6 is 23.7 Å². The monoisotopic (exact) mass is 590 g/mol. The molecule has 1 saturated heterocycles. The molecule has 3 rings (SSSR count). The van der Waals surface area contributed by atoms with Crippen molar-refractivity contribution in [3.05, 3.63) is 41.0 Å². The number of nitrogens with one attached hydrogen (secondary N) is 1. The Morgan fingerprint density at radius 2 is 2.11 bits per heavy atom. The summed E-state index contributed by atoms with van der Waals surface area (Å²) in [5.74, 6) is -0.137. The topological polar surface area (TPSA) is 154 Å². The molecule has 2 aliphatic rings. The van der Waals surface area contributed by atoms with Crippen molar-refractivity contribution < 1.29 is 37.7 Å². The standard InChI is InChI=1S/C22H32BrN4O8P/c1-4-5-14(2)33-21(28)15(3)26-36(30,35-17-8-6-16(23)7-9-17)32-13-20-31-12-19(34-20)27-11-10-18(24)25-22(27)29/h6-11,14-15,19-20,22,29H,4-5,12-13H2,1-3H3,(H2,24,25)(H,26,30)/t14-,15-,19-,20-,22?,36?/m0/s1. The van der Waals surface area contributed by atoms with Crippen molar-refractivity contribution >= 4 is 35.5 Å². The summed E-state index contributed by atoms with van der Waals surface area (Å²) in [5, 5.41) is 12.7. The molecule has 2 unspecified atom stereocenters. The largest absolute Gasteiger partial charge is 0.462 e. The van der Waals surface area contributed by atoms with Crippen molar-refractivity contribution in [1.82, 2.24) is 9.99 Å². The molecule has 2 heterocycles. The Labute approximate surface area is 218 Å². The first-order chi connectivity index (χ1) is 17.1. The van der Waals surface area contributed by atoms with Gasteiger partial charge >= 0.3 is 13.7 Å². The highest BCUT2D eigenvalue weighted by Gasteiger charge is 2.38. The van der Waals surface area contributed by atoms with E-state index in [1.54, 1.807) is 37.4 Å². The normalized spacial score (nSPS) is 25.1. The number of hydrogen-bond acceptors (Lipinski definition) is 11. The molecule has 0 bridgehead atoms. The van der Waals surface area contributed by atoms with Crippen molar-refractivity contribution in [3.8, 4) is 5.75 Å². The molecule has 14 heteroatoms. The van der Waals surface area contributed by atoms with Gasteiger partial charge in [-0.15, -0.1) is 0 Å². The predicted octanol–water partition coefficient (Wildman–Crippen LogP) is 2.82. The lowest BCUT2D eigenvalue weighted by atomic mass is 10.2. The van der Waals surface area contributed by atoms with Gasteiger partial charge in [0.05, 0.1) is 12.7 Å². The number of carbonyl (C=O) groups is 1. The molecule has 1 fully saturated rings. The molecule has 0 saturated carbocycles. The quantitative estimate of drug-likeness (QED) is 0.243. The molecule has 1 aromatic rings. The molecule has 0 amide bonds. The van der Waals surface area contributed by atoms with Gasteiger partial charge in [0, 0.05) is 10.7 Å². The number of carbonyl (C=O) groups excluding carboxylic acids is 1. The summed E-state index contributed by atoms with van der Waals surface area (Å²) in [5.41, 5.74) is 5.58. The van der Waals surface area contributed by atoms with Gasteiger partial charge in [0.15, 0.2) is 12.5 Å². The highest BCUT2D eigenvalue weighted by molar-refractivity contribution is 9.10. The first-order valence-electron chi connectivity index (χ1n) is 11.5. The van der Waals surface area contributed by atoms with Crippen LogP contribution < -0.4 is 15.3 Å². The fourth-order valence-corrected chi connectivity index (χ4v) is 5.09. The van der Waals surface area contributed by atoms with E-state index in [1.165, 1.54) is 17.9 Å². The molecule has 200 valence electrons. The Morgan fingerprint density at radius 3 is 2.78 bits per heavy atom. The minimum Gasteiger partial charge on any atom is -0.462 e. The van der Waals surface area contributed by atoms with Gasteiger partial charge in [-0.2, -0.15) is 5.09 Å². The van der Waals surface area contributed by atoms with E-state index < -0.39 is 38.6 Å². The van der Waals surface area contributed by atoms with Gasteiger partial charge in [-0.3, -0.25) is 9.32 Å². The number of amidine groups is 1. The molecule has 4 N–H and O–H groups in total. The van der Waals surface area contributed by atoms with Crippen molar-refractivity contribution in [1.29, 1.82) is 0 Å². The Morgan fingerprint density at radius 1 is 1.39 bits per heavy atom. The van der Waals surface area contributed by atoms with E-state index in [0.29, 0.717) is 6.42 Å². The minimum atomic E-state index is -4.09. The van der Waals surface area contributed by atoms with Crippen LogP contribution in [0.5, 0.6) is 5.75 Å². The molecular formula is C22H32BrN4O8P. The number of aliphatic hydroxyl groups excluding tert-OH is 1. The third kappa shape index (κ3) is 8.27. The third-order valence-corrected chi connectivity index (χ3v) is 7.32. The lowest BCUT2D eigenvalue weighted by molar-refractivity contribution is -0.150. The average molecular weight is 591 g/mol. The van der Waals surface area contributed by atoms with Crippen LogP contribution in [0.1, 0.15) is 33.6 Å². The average Bonchev–Trinajstić information content (AvgIpc) is 3.28. The SMILES string of the molecule is CCC[C@H](C)OC(=O)[C@H](C)NP(=O)(OC[C@H]1OC[C@@H](N2C=CC(N)=NC2O)O1)Oc1ccc(Br)cc1. The molecule has 6 atom stereocenters. The van der Waals surface area contributed by atoms with E-state index in [9.17, 15) is 14.5 Å². The second-order valence-corrected chi connectivity index (χ2v) is 10.9. The fraction of sp³-hybridized carbons (Fsp3) is 0.545. The van der Waals surface area contributed by atoms with Crippen molar-refractivity contribution in [2.24, 2.45) is 10.7 Å². The Balaban J connectivity index is 1.63. The molecule has 2 aliphatic heterocycles. The molecule has 0 radical (unpaired) electrons. The van der Waals surface area contributed by atoms with Crippen molar-refractivity contribution in [3.63, 3.8) is 0 Å². The van der Waals surface area contributed by atoms with E-state index in [0.717, 1.165) is 10.9 Å². The van der Waals surface area contributed by atoms with Crippen LogP contribution in [0.15, 0.2) is 46.0 Å². The van der Waals surface area contributed by atoms with Crippen LogP contribution in [0.25, 0.3) is 0 Å². The van der Waals surface area contributed by atoms with Crippen molar-refractivity contribution in [2.45, 2.75) is 64.6 Å². The van der Waals surface area contributed by atoms with E-state index in [4.69, 9.17) is 29.0 Å². The van der Waals surface area contributed by atoms with Crippen LogP contribution in [0.4, 0.5) is 0 Å². The van der Waals surface area contributed by atoms with Gasteiger partial charge in [-0.1, -0.05) is 29.3 Å². The lowest BCUT2D eigenvalue weighted by Crippen LogP contribution is -2.43. The highest BCUT2D eigenvalue weighted by Crippen LogP contribution is 2.45. The molecule has 12 nitrogen and oxygen atoms in total. The van der Waals surface area contributed by atoms with E-state index in [-0.39, 0.29) is 30.9 Å². The summed E-state index contributed by atoms with van der Waals surface area (Å²) >= 11 is 3.33. The van der Waals surface area contributed by atoms with Gasteiger partial charge in [0.1, 0.15) is 24.2 Å². The molecule has 0 spiro atoms. The first kappa shape index (κ1) is 28.6. The summed E-state index contributed by atoms with van der Waals surface area (Å²) in [4.78, 5) is 17.8. The van der Waals surface area contributed by atoms with E-state index in [1.807, 2.05) is 6.92 Å². The number of nitrogens with two attached hydrogens (primary N) is 1. The summed E-state index contributed by atoms with van der Waals surface area (Å²) < 4.78 is 42.4. The number of nitrogens with zero attached hydrogens (tertiary/aromatic N) is 2. The fourth-order valence-electron chi connectivity index (χ4n) is 3.35. The van der Waals surface area contributed by atoms with Crippen LogP contribution in [0.3, 0.4) is 0 Å². The number of rotatable bonds is 12. The first-order valence-corrected chi connectivity index (χ1v) is 13.8. The minimum absolute atomic E-state index is 0.0915. The van der Waals surface area contributed by atoms with Gasteiger partial charge < -0.3 is 34.5 Å². The maximum Gasteiger partial charge on any atom is 0.459 e. The second kappa shape index (κ2) is 13.0. The van der Waals surface area contributed by atoms with Crippen LogP contribution in [0, 0.1) is 0 Å². The zero-order valence-corrected chi connectivity index (χ0v) is 22.8. The number of halogens is 1. The van der Waals surface area contributed by atoms with Crippen LogP contribution in [0.2, 0.25) is 0 Å². The molecule has 0 aromatic heterocycles. The Hall–Kier alpha value is -1.99. The summed E-state index contributed by atoms with van der Waals surface area (Å²) in [6.07, 6.45) is 1.53. The van der Waals surface area contributed by atoms with Crippen LogP contribution in [-0.4, -0.2) is 66.0 Å². The maximum atomic E-state index is 13.6. The maximum absolute atomic E-state index is 13.6. The molecule has 1 aromatic carbocycles. The summed E-state index contributed by atoms with van der Waals surface area (Å²) in [7, 11) is -4.09. The lowest BCUT2D eigenvalue weighted by Gasteiger charge is -2.30. The third-order valence-electron chi connectivity index (χ3n) is 5.15. The smallest absolute Gasteiger partial charge is 0.459 e. The number of benzene rings is 1. The highest BCUT2D eigenvalue weighted by atomic mass is 79.9. The second-order valence-electron chi connectivity index (χ2n) is 8.24. The van der Waals surface area contributed by atoms with Gasteiger partial charge in [0.25, 0.3) is 0 Å².